The summed E-state index contributed by atoms with van der Waals surface area (Å²) < 4.78 is 0. The van der Waals surface area contributed by atoms with Crippen molar-refractivity contribution in [2.75, 3.05) is 17.7 Å². The molecule has 0 aliphatic heterocycles. The molecule has 1 amide bonds. The van der Waals surface area contributed by atoms with Crippen LogP contribution >= 0.6 is 0 Å². The number of carbonyl (C=O) groups is 1. The van der Waals surface area contributed by atoms with Gasteiger partial charge in [0.05, 0.1) is 0 Å². The summed E-state index contributed by atoms with van der Waals surface area (Å²) in [6.07, 6.45) is 0. The smallest absolute Gasteiger partial charge is 0.258 e. The first-order valence-corrected chi connectivity index (χ1v) is 5.79. The van der Waals surface area contributed by atoms with Gasteiger partial charge in [-0.15, -0.1) is 0 Å². The normalized spacial score (nSPS) is 10.1. The third-order valence-corrected chi connectivity index (χ3v) is 2.94. The molecule has 2 rings (SSSR count). The molecule has 0 heterocycles. The van der Waals surface area contributed by atoms with Gasteiger partial charge in [0.25, 0.3) is 5.91 Å². The second-order valence-electron chi connectivity index (χ2n) is 4.27. The Hall–Kier alpha value is -2.29. The first-order chi connectivity index (χ1) is 8.59. The van der Waals surface area contributed by atoms with Gasteiger partial charge in [-0.3, -0.25) is 4.79 Å². The zero-order valence-corrected chi connectivity index (χ0v) is 10.6. The van der Waals surface area contributed by atoms with Crippen molar-refractivity contribution in [2.45, 2.75) is 6.92 Å². The number of rotatable bonds is 2. The van der Waals surface area contributed by atoms with Crippen molar-refractivity contribution in [3.8, 4) is 0 Å². The van der Waals surface area contributed by atoms with E-state index in [0.29, 0.717) is 11.3 Å². The van der Waals surface area contributed by atoms with Gasteiger partial charge >= 0.3 is 0 Å². The number of hydrogen-bond acceptors (Lipinski definition) is 2. The predicted octanol–water partition coefficient (Wildman–Crippen LogP) is 2.85. The van der Waals surface area contributed by atoms with Gasteiger partial charge in [0, 0.05) is 24.0 Å². The van der Waals surface area contributed by atoms with E-state index in [1.165, 1.54) is 0 Å². The van der Waals surface area contributed by atoms with E-state index in [4.69, 9.17) is 5.73 Å². The average Bonchev–Trinajstić information content (AvgIpc) is 2.38. The maximum atomic E-state index is 12.3. The van der Waals surface area contributed by atoms with Crippen LogP contribution in [0.15, 0.2) is 48.5 Å². The molecule has 2 N–H and O–H groups in total. The van der Waals surface area contributed by atoms with E-state index in [1.807, 2.05) is 31.2 Å². The van der Waals surface area contributed by atoms with Crippen molar-refractivity contribution < 1.29 is 4.79 Å². The maximum absolute atomic E-state index is 12.3. The molecule has 18 heavy (non-hydrogen) atoms. The first kappa shape index (κ1) is 12.2. The number of nitrogens with two attached hydrogens (primary N) is 1. The Labute approximate surface area is 107 Å². The second-order valence-corrected chi connectivity index (χ2v) is 4.27. The van der Waals surface area contributed by atoms with Crippen LogP contribution < -0.4 is 10.6 Å². The highest BCUT2D eigenvalue weighted by Gasteiger charge is 2.14. The molecule has 3 heteroatoms. The summed E-state index contributed by atoms with van der Waals surface area (Å²) in [7, 11) is 1.78. The average molecular weight is 240 g/mol. The second kappa shape index (κ2) is 4.92. The van der Waals surface area contributed by atoms with Crippen molar-refractivity contribution in [1.29, 1.82) is 0 Å². The minimum atomic E-state index is -0.0377. The van der Waals surface area contributed by atoms with E-state index in [0.717, 1.165) is 11.3 Å². The molecule has 0 spiro atoms. The number of hydrogen-bond donors (Lipinski definition) is 1. The predicted molar refractivity (Wildman–Crippen MR) is 74.8 cm³/mol. The van der Waals surface area contributed by atoms with Crippen LogP contribution in [0, 0.1) is 6.92 Å². The summed E-state index contributed by atoms with van der Waals surface area (Å²) in [5.74, 6) is -0.0377. The molecule has 0 aromatic heterocycles. The lowest BCUT2D eigenvalue weighted by molar-refractivity contribution is 0.0993. The van der Waals surface area contributed by atoms with Gasteiger partial charge in [-0.1, -0.05) is 18.2 Å². The maximum Gasteiger partial charge on any atom is 0.258 e. The van der Waals surface area contributed by atoms with Gasteiger partial charge in [0.15, 0.2) is 0 Å². The van der Waals surface area contributed by atoms with Crippen LogP contribution in [0.2, 0.25) is 0 Å². The van der Waals surface area contributed by atoms with E-state index >= 15 is 0 Å². The zero-order chi connectivity index (χ0) is 13.1. The summed E-state index contributed by atoms with van der Waals surface area (Å²) in [6.45, 7) is 1.99. The zero-order valence-electron chi connectivity index (χ0n) is 10.6. The SMILES string of the molecule is Cc1ccccc1N(C)C(=O)c1ccc(N)cc1. The third-order valence-electron chi connectivity index (χ3n) is 2.94. The fourth-order valence-corrected chi connectivity index (χ4v) is 1.87. The molecule has 0 aliphatic rings. The van der Waals surface area contributed by atoms with Gasteiger partial charge in [-0.25, -0.2) is 0 Å². The number of para-hydroxylation sites is 1. The minimum absolute atomic E-state index is 0.0377. The van der Waals surface area contributed by atoms with Crippen molar-refractivity contribution in [3.63, 3.8) is 0 Å². The van der Waals surface area contributed by atoms with Crippen LogP contribution in [0.3, 0.4) is 0 Å². The molecule has 2 aromatic carbocycles. The van der Waals surface area contributed by atoms with E-state index in [9.17, 15) is 4.79 Å². The Morgan fingerprint density at radius 1 is 1.06 bits per heavy atom. The van der Waals surface area contributed by atoms with Gasteiger partial charge in [0.2, 0.25) is 0 Å². The molecule has 2 aromatic rings. The quantitative estimate of drug-likeness (QED) is 0.820. The summed E-state index contributed by atoms with van der Waals surface area (Å²) in [5.41, 5.74) is 8.89. The number of nitrogens with zero attached hydrogens (tertiary/aromatic N) is 1. The molecule has 0 fully saturated rings. The minimum Gasteiger partial charge on any atom is -0.399 e. The number of nitrogen functional groups attached to an aromatic ring is 1. The summed E-state index contributed by atoms with van der Waals surface area (Å²) in [6, 6.07) is 14.8. The van der Waals surface area contributed by atoms with Gasteiger partial charge < -0.3 is 10.6 Å². The van der Waals surface area contributed by atoms with Crippen LogP contribution in [0.4, 0.5) is 11.4 Å². The number of aryl methyl sites for hydroxylation is 1. The van der Waals surface area contributed by atoms with Crippen molar-refractivity contribution in [1.82, 2.24) is 0 Å². The fourth-order valence-electron chi connectivity index (χ4n) is 1.87. The number of anilines is 2. The molecule has 0 bridgehead atoms. The molecule has 0 saturated carbocycles. The number of amides is 1. The van der Waals surface area contributed by atoms with Crippen LogP contribution in [0.25, 0.3) is 0 Å². The molecule has 92 valence electrons. The molecule has 0 radical (unpaired) electrons. The van der Waals surface area contributed by atoms with E-state index < -0.39 is 0 Å². The van der Waals surface area contributed by atoms with Crippen molar-refractivity contribution >= 4 is 17.3 Å². The van der Waals surface area contributed by atoms with E-state index in [2.05, 4.69) is 0 Å². The summed E-state index contributed by atoms with van der Waals surface area (Å²) in [4.78, 5) is 13.9. The monoisotopic (exact) mass is 240 g/mol. The molecule has 0 unspecified atom stereocenters. The lowest BCUT2D eigenvalue weighted by Gasteiger charge is -2.19. The first-order valence-electron chi connectivity index (χ1n) is 5.79. The van der Waals surface area contributed by atoms with E-state index in [1.54, 1.807) is 36.2 Å². The molecule has 0 saturated heterocycles. The standard InChI is InChI=1S/C15H16N2O/c1-11-5-3-4-6-14(11)17(2)15(18)12-7-9-13(16)10-8-12/h3-10H,16H2,1-2H3. The van der Waals surface area contributed by atoms with Crippen LogP contribution in [-0.4, -0.2) is 13.0 Å². The lowest BCUT2D eigenvalue weighted by Crippen LogP contribution is -2.26. The molecule has 3 nitrogen and oxygen atoms in total. The van der Waals surface area contributed by atoms with Gasteiger partial charge in [-0.2, -0.15) is 0 Å². The summed E-state index contributed by atoms with van der Waals surface area (Å²) in [5, 5.41) is 0. The third kappa shape index (κ3) is 2.35. The molecule has 0 aliphatic carbocycles. The highest BCUT2D eigenvalue weighted by molar-refractivity contribution is 6.06. The molecule has 0 atom stereocenters. The van der Waals surface area contributed by atoms with Gasteiger partial charge in [-0.05, 0) is 42.8 Å². The largest absolute Gasteiger partial charge is 0.399 e. The highest BCUT2D eigenvalue weighted by atomic mass is 16.2. The Balaban J connectivity index is 2.29. The van der Waals surface area contributed by atoms with Crippen LogP contribution in [0.5, 0.6) is 0 Å². The Bertz CT molecular complexity index is 561. The number of benzene rings is 2. The van der Waals surface area contributed by atoms with Crippen LogP contribution in [0.1, 0.15) is 15.9 Å². The lowest BCUT2D eigenvalue weighted by atomic mass is 10.1. The summed E-state index contributed by atoms with van der Waals surface area (Å²) >= 11 is 0. The topological polar surface area (TPSA) is 46.3 Å². The Morgan fingerprint density at radius 2 is 1.67 bits per heavy atom. The molecular formula is C15H16N2O. The van der Waals surface area contributed by atoms with Gasteiger partial charge in [0.1, 0.15) is 0 Å². The highest BCUT2D eigenvalue weighted by Crippen LogP contribution is 2.20. The Kier molecular flexibility index (Phi) is 3.33. The van der Waals surface area contributed by atoms with Crippen molar-refractivity contribution in [3.05, 3.63) is 59.7 Å². The Morgan fingerprint density at radius 3 is 2.28 bits per heavy atom. The van der Waals surface area contributed by atoms with Crippen molar-refractivity contribution in [2.24, 2.45) is 0 Å². The number of carbonyl (C=O) groups excluding carboxylic acids is 1. The van der Waals surface area contributed by atoms with E-state index in [-0.39, 0.29) is 5.91 Å². The fraction of sp³-hybridized carbons (Fsp3) is 0.133. The van der Waals surface area contributed by atoms with Crippen LogP contribution in [-0.2, 0) is 0 Å². The molecular weight excluding hydrogens is 224 g/mol.